The number of hydrogen-bond donors (Lipinski definition) is 0. The Morgan fingerprint density at radius 3 is 0.906 bits per heavy atom. The van der Waals surface area contributed by atoms with E-state index < -0.39 is 0 Å². The first-order chi connectivity index (χ1) is 15.5. The third-order valence-corrected chi connectivity index (χ3v) is 6.91. The third-order valence-electron chi connectivity index (χ3n) is 6.91. The van der Waals surface area contributed by atoms with E-state index in [9.17, 15) is 0 Å². The zero-order valence-electron chi connectivity index (χ0n) is 19.5. The van der Waals surface area contributed by atoms with Gasteiger partial charge in [0, 0.05) is 94.2 Å². The summed E-state index contributed by atoms with van der Waals surface area (Å²) in [7, 11) is 10.7. The minimum Gasteiger partial charge on any atom is -0.353 e. The fourth-order valence-corrected chi connectivity index (χ4v) is 5.13. The number of hydrogen-bond acceptors (Lipinski definition) is 0. The monoisotopic (exact) mass is 425 g/mol. The van der Waals surface area contributed by atoms with Gasteiger partial charge in [0.25, 0.3) is 0 Å². The van der Waals surface area contributed by atoms with Crippen LogP contribution < -0.4 is 0 Å². The molecule has 5 aromatic heterocycles. The van der Waals surface area contributed by atoms with Crippen molar-refractivity contribution in [2.24, 2.45) is 35.2 Å². The van der Waals surface area contributed by atoms with Crippen molar-refractivity contribution in [2.75, 3.05) is 0 Å². The highest BCUT2D eigenvalue weighted by Crippen LogP contribution is 2.38. The van der Waals surface area contributed by atoms with E-state index in [0.717, 1.165) is 0 Å². The van der Waals surface area contributed by atoms with E-state index in [1.54, 1.807) is 0 Å². The zero-order chi connectivity index (χ0) is 22.4. The predicted octanol–water partition coefficient (Wildman–Crippen LogP) is 4.74. The van der Waals surface area contributed by atoms with Gasteiger partial charge in [0.1, 0.15) is 0 Å². The Labute approximate surface area is 189 Å². The Hall–Kier alpha value is -3.60. The van der Waals surface area contributed by atoms with Gasteiger partial charge in [-0.25, -0.2) is 0 Å². The first kappa shape index (κ1) is 20.3. The highest BCUT2D eigenvalue weighted by atomic mass is 15.0. The summed E-state index contributed by atoms with van der Waals surface area (Å²) in [4.78, 5) is 0. The van der Waals surface area contributed by atoms with Crippen molar-refractivity contribution in [1.29, 1.82) is 0 Å². The standard InChI is InChI=1S/C27H31N5/c1-28-16-6-10-20(28)26(21-11-7-17-29(21)2)24-14-15-25(32(24)5)27(22-12-8-18-30(22)3)23-13-9-19-31(23)4/h6-19,26-27H,1-5H3. The second kappa shape index (κ2) is 7.83. The normalized spacial score (nSPS) is 11.8. The van der Waals surface area contributed by atoms with E-state index in [1.807, 2.05) is 0 Å². The Morgan fingerprint density at radius 2 is 0.688 bits per heavy atom. The molecule has 0 aliphatic heterocycles. The average molecular weight is 426 g/mol. The molecule has 5 heteroatoms. The molecule has 164 valence electrons. The van der Waals surface area contributed by atoms with Crippen LogP contribution >= 0.6 is 0 Å². The maximum Gasteiger partial charge on any atom is 0.0797 e. The van der Waals surface area contributed by atoms with E-state index in [2.05, 4.69) is 144 Å². The SMILES string of the molecule is Cn1cccc1C(c1cccn1C)c1ccc(C(c2cccn2C)c2cccn2C)n1C. The molecule has 0 fully saturated rings. The topological polar surface area (TPSA) is 24.6 Å². The molecule has 0 unspecified atom stereocenters. The highest BCUT2D eigenvalue weighted by Gasteiger charge is 2.29. The fourth-order valence-electron chi connectivity index (χ4n) is 5.13. The molecule has 0 saturated carbocycles. The summed E-state index contributed by atoms with van der Waals surface area (Å²) < 4.78 is 11.3. The van der Waals surface area contributed by atoms with Crippen LogP contribution in [0.25, 0.3) is 0 Å². The van der Waals surface area contributed by atoms with Gasteiger partial charge in [-0.05, 0) is 60.7 Å². The van der Waals surface area contributed by atoms with Gasteiger partial charge < -0.3 is 22.8 Å². The lowest BCUT2D eigenvalue weighted by atomic mass is 9.96. The maximum absolute atomic E-state index is 2.40. The molecule has 5 rings (SSSR count). The summed E-state index contributed by atoms with van der Waals surface area (Å²) in [5.41, 5.74) is 7.72. The molecule has 0 atom stereocenters. The third kappa shape index (κ3) is 3.16. The Morgan fingerprint density at radius 1 is 0.406 bits per heavy atom. The molecule has 0 aliphatic carbocycles. The van der Waals surface area contributed by atoms with Crippen molar-refractivity contribution in [1.82, 2.24) is 22.8 Å². The van der Waals surface area contributed by atoms with Crippen molar-refractivity contribution in [3.63, 3.8) is 0 Å². The van der Waals surface area contributed by atoms with Crippen LogP contribution in [0.4, 0.5) is 0 Å². The lowest BCUT2D eigenvalue weighted by molar-refractivity contribution is 0.651. The van der Waals surface area contributed by atoms with E-state index in [4.69, 9.17) is 0 Å². The quantitative estimate of drug-likeness (QED) is 0.375. The van der Waals surface area contributed by atoms with E-state index in [-0.39, 0.29) is 11.8 Å². The van der Waals surface area contributed by atoms with E-state index in [0.29, 0.717) is 0 Å². The summed E-state index contributed by atoms with van der Waals surface area (Å²) in [6.07, 6.45) is 8.52. The molecule has 0 bridgehead atoms. The Kier molecular flexibility index (Phi) is 4.97. The van der Waals surface area contributed by atoms with Gasteiger partial charge in [0.05, 0.1) is 11.8 Å². The molecule has 0 aromatic carbocycles. The molecule has 5 aromatic rings. The van der Waals surface area contributed by atoms with Crippen LogP contribution in [0, 0.1) is 0 Å². The van der Waals surface area contributed by atoms with Crippen LogP contribution in [0.3, 0.4) is 0 Å². The summed E-state index contributed by atoms with van der Waals surface area (Å²) in [5, 5.41) is 0. The van der Waals surface area contributed by atoms with Gasteiger partial charge in [-0.2, -0.15) is 0 Å². The van der Waals surface area contributed by atoms with Crippen LogP contribution in [-0.4, -0.2) is 22.8 Å². The Bertz CT molecular complexity index is 1170. The minimum atomic E-state index is 0.149. The number of aryl methyl sites for hydroxylation is 4. The van der Waals surface area contributed by atoms with Gasteiger partial charge in [0.15, 0.2) is 0 Å². The van der Waals surface area contributed by atoms with Crippen LogP contribution in [0.2, 0.25) is 0 Å². The largest absolute Gasteiger partial charge is 0.353 e. The first-order valence-electron chi connectivity index (χ1n) is 11.1. The average Bonchev–Trinajstić information content (AvgIpc) is 3.58. The maximum atomic E-state index is 2.40. The summed E-state index contributed by atoms with van der Waals surface area (Å²) >= 11 is 0. The summed E-state index contributed by atoms with van der Waals surface area (Å²) in [6.45, 7) is 0. The molecule has 5 heterocycles. The van der Waals surface area contributed by atoms with Crippen LogP contribution in [0.1, 0.15) is 46.0 Å². The molecule has 5 nitrogen and oxygen atoms in total. The molecular formula is C27H31N5. The van der Waals surface area contributed by atoms with Crippen LogP contribution in [0.15, 0.2) is 85.5 Å². The van der Waals surface area contributed by atoms with Gasteiger partial charge in [0.2, 0.25) is 0 Å². The second-order valence-corrected chi connectivity index (χ2v) is 8.78. The highest BCUT2D eigenvalue weighted by molar-refractivity contribution is 5.42. The van der Waals surface area contributed by atoms with Crippen LogP contribution in [0.5, 0.6) is 0 Å². The number of nitrogens with zero attached hydrogens (tertiary/aromatic N) is 5. The van der Waals surface area contributed by atoms with Crippen molar-refractivity contribution in [3.8, 4) is 0 Å². The zero-order valence-corrected chi connectivity index (χ0v) is 19.5. The number of rotatable bonds is 6. The lowest BCUT2D eigenvalue weighted by Gasteiger charge is -2.24. The molecule has 0 saturated heterocycles. The molecular weight excluding hydrogens is 394 g/mol. The molecule has 0 amide bonds. The van der Waals surface area contributed by atoms with Crippen molar-refractivity contribution >= 4 is 0 Å². The number of aromatic nitrogens is 5. The first-order valence-corrected chi connectivity index (χ1v) is 11.1. The molecule has 0 N–H and O–H groups in total. The van der Waals surface area contributed by atoms with Crippen molar-refractivity contribution < 1.29 is 0 Å². The fraction of sp³-hybridized carbons (Fsp3) is 0.259. The van der Waals surface area contributed by atoms with E-state index in [1.165, 1.54) is 34.2 Å². The summed E-state index contributed by atoms with van der Waals surface area (Å²) in [6, 6.07) is 22.1. The predicted molar refractivity (Wildman–Crippen MR) is 129 cm³/mol. The summed E-state index contributed by atoms with van der Waals surface area (Å²) in [5.74, 6) is 0.299. The lowest BCUT2D eigenvalue weighted by Crippen LogP contribution is -2.18. The second-order valence-electron chi connectivity index (χ2n) is 8.78. The molecule has 32 heavy (non-hydrogen) atoms. The van der Waals surface area contributed by atoms with E-state index >= 15 is 0 Å². The van der Waals surface area contributed by atoms with Gasteiger partial charge in [-0.3, -0.25) is 0 Å². The van der Waals surface area contributed by atoms with Gasteiger partial charge in [-0.15, -0.1) is 0 Å². The smallest absolute Gasteiger partial charge is 0.0797 e. The molecule has 0 radical (unpaired) electrons. The van der Waals surface area contributed by atoms with Crippen molar-refractivity contribution in [2.45, 2.75) is 11.8 Å². The molecule has 0 spiro atoms. The van der Waals surface area contributed by atoms with Gasteiger partial charge >= 0.3 is 0 Å². The van der Waals surface area contributed by atoms with Crippen molar-refractivity contribution in [3.05, 3.63) is 120 Å². The Balaban J connectivity index is 1.70. The van der Waals surface area contributed by atoms with Gasteiger partial charge in [-0.1, -0.05) is 0 Å². The minimum absolute atomic E-state index is 0.149. The van der Waals surface area contributed by atoms with Crippen LogP contribution in [-0.2, 0) is 35.2 Å². The molecule has 0 aliphatic rings.